The summed E-state index contributed by atoms with van der Waals surface area (Å²) < 4.78 is 38.4. The molecule has 0 aliphatic rings. The molecule has 0 aliphatic carbocycles. The number of aryl methyl sites for hydroxylation is 1. The molecule has 0 aromatic heterocycles. The SMILES string of the molecule is CCCCCCCCCc1cc2ccccc2c(S(=O)(=O)[O-])c1CCCCCCCCC.CCCCCCCC[N+](C)(CCCCCCCC)CCCCCCCC. The number of benzene rings is 2. The third-order valence-corrected chi connectivity index (χ3v) is 13.6. The molecule has 0 heterocycles. The summed E-state index contributed by atoms with van der Waals surface area (Å²) in [5.41, 5.74) is 1.86. The van der Waals surface area contributed by atoms with Gasteiger partial charge in [0.05, 0.1) is 31.6 Å². The highest BCUT2D eigenvalue weighted by molar-refractivity contribution is 7.86. The van der Waals surface area contributed by atoms with Crippen LogP contribution in [0.1, 0.15) is 251 Å². The number of fused-ring (bicyclic) bond motifs is 1. The molecular formula is C53H97NO3S. The topological polar surface area (TPSA) is 57.2 Å². The summed E-state index contributed by atoms with van der Waals surface area (Å²) in [6, 6.07) is 9.58. The van der Waals surface area contributed by atoms with E-state index < -0.39 is 10.1 Å². The molecule has 0 spiro atoms. The van der Waals surface area contributed by atoms with E-state index >= 15 is 0 Å². The molecule has 0 aliphatic heterocycles. The average Bonchev–Trinajstić information content (AvgIpc) is 3.21. The van der Waals surface area contributed by atoms with Crippen LogP contribution >= 0.6 is 0 Å². The molecule has 0 saturated heterocycles. The molecule has 0 amide bonds. The van der Waals surface area contributed by atoms with E-state index in [1.807, 2.05) is 18.2 Å². The van der Waals surface area contributed by atoms with E-state index in [0.717, 1.165) is 48.6 Å². The standard InChI is InChI=1S/C28H44O3S.C25H54N/c1-3-5-7-9-11-13-15-19-24-23-25-20-17-18-22-27(25)28(32(29,30)31)26(24)21-16-14-12-10-8-6-4-2;1-5-8-11-14-17-20-23-26(4,24-21-18-15-12-9-6-2)25-22-19-16-13-10-7-3/h17-18,20,22-23H,3-16,19,21H2,1-2H3,(H,29,30,31);5-25H2,1-4H3/q;+1/p-1. The fraction of sp³-hybridized carbons (Fsp3) is 0.811. The van der Waals surface area contributed by atoms with E-state index in [9.17, 15) is 13.0 Å². The monoisotopic (exact) mass is 828 g/mol. The second kappa shape index (κ2) is 36.2. The van der Waals surface area contributed by atoms with Gasteiger partial charge in [-0.15, -0.1) is 0 Å². The molecule has 2 rings (SSSR count). The highest BCUT2D eigenvalue weighted by atomic mass is 32.2. The predicted octanol–water partition coefficient (Wildman–Crippen LogP) is 16.8. The van der Waals surface area contributed by atoms with Crippen LogP contribution in [0.25, 0.3) is 10.8 Å². The second-order valence-corrected chi connectivity index (χ2v) is 19.7. The van der Waals surface area contributed by atoms with Gasteiger partial charge in [0.25, 0.3) is 0 Å². The smallest absolute Gasteiger partial charge is 0.125 e. The minimum atomic E-state index is -4.53. The molecular weight excluding hydrogens is 731 g/mol. The average molecular weight is 828 g/mol. The second-order valence-electron chi connectivity index (χ2n) is 18.4. The van der Waals surface area contributed by atoms with Crippen LogP contribution in [-0.4, -0.2) is 44.1 Å². The van der Waals surface area contributed by atoms with Gasteiger partial charge in [-0.05, 0) is 86.1 Å². The van der Waals surface area contributed by atoms with Crippen LogP contribution in [0.4, 0.5) is 0 Å². The Balaban J connectivity index is 0.000000595. The molecule has 0 atom stereocenters. The van der Waals surface area contributed by atoms with Gasteiger partial charge in [0.2, 0.25) is 0 Å². The molecule has 0 unspecified atom stereocenters. The van der Waals surface area contributed by atoms with Crippen molar-refractivity contribution in [1.82, 2.24) is 0 Å². The molecule has 4 nitrogen and oxygen atoms in total. The van der Waals surface area contributed by atoms with Crippen molar-refractivity contribution < 1.29 is 17.5 Å². The minimum Gasteiger partial charge on any atom is -0.744 e. The highest BCUT2D eigenvalue weighted by Gasteiger charge is 2.20. The van der Waals surface area contributed by atoms with E-state index in [1.165, 1.54) is 204 Å². The first-order chi connectivity index (χ1) is 28.2. The van der Waals surface area contributed by atoms with Crippen LogP contribution in [0, 0.1) is 0 Å². The Kier molecular flexibility index (Phi) is 34.1. The minimum absolute atomic E-state index is 0.0412. The number of rotatable bonds is 38. The first-order valence-corrected chi connectivity index (χ1v) is 26.9. The zero-order valence-corrected chi connectivity index (χ0v) is 40.4. The Labute approximate surface area is 362 Å². The lowest BCUT2D eigenvalue weighted by Crippen LogP contribution is -2.46. The summed E-state index contributed by atoms with van der Waals surface area (Å²) in [6.07, 6.45) is 44.2. The number of nitrogens with zero attached hydrogens (tertiary/aromatic N) is 1. The van der Waals surface area contributed by atoms with Gasteiger partial charge in [0.15, 0.2) is 0 Å². The third kappa shape index (κ3) is 26.7. The van der Waals surface area contributed by atoms with Gasteiger partial charge < -0.3 is 9.04 Å². The van der Waals surface area contributed by atoms with Crippen molar-refractivity contribution in [3.05, 3.63) is 41.5 Å². The molecule has 0 fully saturated rings. The number of hydrogen-bond acceptors (Lipinski definition) is 3. The maximum Gasteiger partial charge on any atom is 0.125 e. The maximum absolute atomic E-state index is 12.3. The van der Waals surface area contributed by atoms with Crippen LogP contribution in [-0.2, 0) is 23.0 Å². The first-order valence-electron chi connectivity index (χ1n) is 25.5. The molecule has 0 radical (unpaired) electrons. The van der Waals surface area contributed by atoms with Crippen molar-refractivity contribution in [2.24, 2.45) is 0 Å². The normalized spacial score (nSPS) is 12.0. The lowest BCUT2D eigenvalue weighted by atomic mass is 9.93. The van der Waals surface area contributed by atoms with Crippen molar-refractivity contribution in [1.29, 1.82) is 0 Å². The van der Waals surface area contributed by atoms with Gasteiger partial charge in [-0.3, -0.25) is 0 Å². The summed E-state index contributed by atoms with van der Waals surface area (Å²) >= 11 is 0. The van der Waals surface area contributed by atoms with Crippen molar-refractivity contribution in [2.75, 3.05) is 26.7 Å². The van der Waals surface area contributed by atoms with Crippen LogP contribution < -0.4 is 0 Å². The van der Waals surface area contributed by atoms with E-state index in [0.29, 0.717) is 11.8 Å². The summed E-state index contributed by atoms with van der Waals surface area (Å²) in [7, 11) is -1.97. The Morgan fingerprint density at radius 2 is 0.776 bits per heavy atom. The van der Waals surface area contributed by atoms with Crippen molar-refractivity contribution >= 4 is 20.9 Å². The zero-order valence-electron chi connectivity index (χ0n) is 39.6. The van der Waals surface area contributed by atoms with E-state index in [-0.39, 0.29) is 4.90 Å². The molecule has 2 aromatic rings. The van der Waals surface area contributed by atoms with Crippen molar-refractivity contribution in [2.45, 2.75) is 258 Å². The van der Waals surface area contributed by atoms with Gasteiger partial charge in [-0.25, -0.2) is 8.42 Å². The Hall–Kier alpha value is -1.43. The number of unbranched alkanes of at least 4 members (excludes halogenated alkanes) is 27. The van der Waals surface area contributed by atoms with Crippen molar-refractivity contribution in [3.63, 3.8) is 0 Å². The summed E-state index contributed by atoms with van der Waals surface area (Å²) in [5, 5.41) is 1.45. The van der Waals surface area contributed by atoms with Gasteiger partial charge in [0.1, 0.15) is 10.1 Å². The molecule has 0 saturated carbocycles. The van der Waals surface area contributed by atoms with E-state index in [2.05, 4.69) is 47.7 Å². The number of hydrogen-bond donors (Lipinski definition) is 0. The van der Waals surface area contributed by atoms with Crippen LogP contribution in [0.15, 0.2) is 35.2 Å². The van der Waals surface area contributed by atoms with E-state index in [4.69, 9.17) is 0 Å². The Morgan fingerprint density at radius 3 is 1.16 bits per heavy atom. The van der Waals surface area contributed by atoms with E-state index in [1.54, 1.807) is 6.07 Å². The van der Waals surface area contributed by atoms with Crippen LogP contribution in [0.3, 0.4) is 0 Å². The number of quaternary nitrogens is 1. The van der Waals surface area contributed by atoms with Crippen molar-refractivity contribution in [3.8, 4) is 0 Å². The lowest BCUT2D eigenvalue weighted by molar-refractivity contribution is -0.910. The van der Waals surface area contributed by atoms with Crippen LogP contribution in [0.2, 0.25) is 0 Å². The fourth-order valence-corrected chi connectivity index (χ4v) is 9.87. The molecule has 0 N–H and O–H groups in total. The molecule has 2 aromatic carbocycles. The lowest BCUT2D eigenvalue weighted by Gasteiger charge is -2.35. The molecule has 5 heteroatoms. The third-order valence-electron chi connectivity index (χ3n) is 12.7. The molecule has 338 valence electrons. The Bertz CT molecular complexity index is 1300. The molecule has 58 heavy (non-hydrogen) atoms. The maximum atomic E-state index is 12.3. The van der Waals surface area contributed by atoms with Crippen LogP contribution in [0.5, 0.6) is 0 Å². The zero-order chi connectivity index (χ0) is 42.6. The van der Waals surface area contributed by atoms with Gasteiger partial charge >= 0.3 is 0 Å². The summed E-state index contributed by atoms with van der Waals surface area (Å²) in [4.78, 5) is 0.0412. The summed E-state index contributed by atoms with van der Waals surface area (Å²) in [6.45, 7) is 15.7. The molecule has 0 bridgehead atoms. The largest absolute Gasteiger partial charge is 0.744 e. The quantitative estimate of drug-likeness (QED) is 0.0385. The Morgan fingerprint density at radius 1 is 0.448 bits per heavy atom. The predicted molar refractivity (Wildman–Crippen MR) is 256 cm³/mol. The highest BCUT2D eigenvalue weighted by Crippen LogP contribution is 2.32. The fourth-order valence-electron chi connectivity index (χ4n) is 8.88. The van der Waals surface area contributed by atoms with Gasteiger partial charge in [0, 0.05) is 0 Å². The first kappa shape index (κ1) is 54.6. The van der Waals surface area contributed by atoms with Gasteiger partial charge in [-0.2, -0.15) is 0 Å². The van der Waals surface area contributed by atoms with Gasteiger partial charge in [-0.1, -0.05) is 219 Å². The summed E-state index contributed by atoms with van der Waals surface area (Å²) in [5.74, 6) is 0.